The second kappa shape index (κ2) is 9.83. The highest BCUT2D eigenvalue weighted by Gasteiger charge is 2.00. The fourth-order valence-corrected chi connectivity index (χ4v) is 2.48. The van der Waals surface area contributed by atoms with Gasteiger partial charge in [-0.3, -0.25) is 0 Å². The van der Waals surface area contributed by atoms with Crippen molar-refractivity contribution in [2.24, 2.45) is 0 Å². The summed E-state index contributed by atoms with van der Waals surface area (Å²) >= 11 is 0. The summed E-state index contributed by atoms with van der Waals surface area (Å²) in [5.41, 5.74) is 3.43. The van der Waals surface area contributed by atoms with E-state index in [1.807, 2.05) is 24.3 Å². The number of hydrogen-bond acceptors (Lipinski definition) is 1. The number of rotatable bonds is 9. The molecule has 0 amide bonds. The lowest BCUT2D eigenvalue weighted by molar-refractivity contribution is 0.305. The fourth-order valence-electron chi connectivity index (χ4n) is 2.48. The topological polar surface area (TPSA) is 9.23 Å². The van der Waals surface area contributed by atoms with Gasteiger partial charge in [0.15, 0.2) is 0 Å². The van der Waals surface area contributed by atoms with Gasteiger partial charge >= 0.3 is 0 Å². The van der Waals surface area contributed by atoms with Gasteiger partial charge in [-0.2, -0.15) is 0 Å². The Labute approximate surface area is 138 Å². The normalized spacial score (nSPS) is 11.0. The number of benzene rings is 2. The molecule has 0 bridgehead atoms. The van der Waals surface area contributed by atoms with E-state index in [0.717, 1.165) is 35.5 Å². The Morgan fingerprint density at radius 1 is 0.870 bits per heavy atom. The molecule has 2 aromatic carbocycles. The summed E-state index contributed by atoms with van der Waals surface area (Å²) < 4.78 is 17.8. The molecule has 0 unspecified atom stereocenters. The summed E-state index contributed by atoms with van der Waals surface area (Å²) in [6.07, 6.45) is 7.61. The third kappa shape index (κ3) is 5.90. The Kier molecular flexibility index (Phi) is 7.38. The standard InChI is InChI=1S/C21H25FO/c1-2-3-4-5-17-23-21-14-12-20(13-15-21)19-10-8-18(9-11-19)7-6-16-22/h6,8-16H,2-5,7,17H2,1H3/b16-6+. The average molecular weight is 312 g/mol. The molecule has 0 heterocycles. The van der Waals surface area contributed by atoms with E-state index in [2.05, 4.69) is 31.2 Å². The average Bonchev–Trinajstić information content (AvgIpc) is 2.61. The van der Waals surface area contributed by atoms with Crippen LogP contribution in [0.4, 0.5) is 4.39 Å². The molecule has 0 saturated heterocycles. The largest absolute Gasteiger partial charge is 0.494 e. The molecule has 2 aromatic rings. The monoisotopic (exact) mass is 312 g/mol. The van der Waals surface area contributed by atoms with E-state index in [0.29, 0.717) is 12.8 Å². The molecule has 0 radical (unpaired) electrons. The van der Waals surface area contributed by atoms with Crippen molar-refractivity contribution in [1.29, 1.82) is 0 Å². The highest BCUT2D eigenvalue weighted by molar-refractivity contribution is 5.64. The van der Waals surface area contributed by atoms with Crippen molar-refractivity contribution in [3.8, 4) is 16.9 Å². The molecule has 0 aliphatic heterocycles. The van der Waals surface area contributed by atoms with Gasteiger partial charge in [-0.15, -0.1) is 0 Å². The summed E-state index contributed by atoms with van der Waals surface area (Å²) in [5.74, 6) is 0.926. The number of unbranched alkanes of at least 4 members (excludes halogenated alkanes) is 3. The molecule has 0 aromatic heterocycles. The second-order valence-electron chi connectivity index (χ2n) is 5.70. The van der Waals surface area contributed by atoms with Crippen LogP contribution in [0.5, 0.6) is 5.75 Å². The van der Waals surface area contributed by atoms with Gasteiger partial charge < -0.3 is 4.74 Å². The SMILES string of the molecule is CCCCCCOc1ccc(-c2ccc(C/C=C/F)cc2)cc1. The second-order valence-corrected chi connectivity index (χ2v) is 5.70. The molecule has 1 nitrogen and oxygen atoms in total. The van der Waals surface area contributed by atoms with Crippen LogP contribution in [0.2, 0.25) is 0 Å². The Hall–Kier alpha value is -2.09. The van der Waals surface area contributed by atoms with Gasteiger partial charge in [-0.25, -0.2) is 4.39 Å². The molecule has 0 aliphatic carbocycles. The predicted molar refractivity (Wildman–Crippen MR) is 95.5 cm³/mol. The van der Waals surface area contributed by atoms with Crippen LogP contribution in [0.25, 0.3) is 11.1 Å². The van der Waals surface area contributed by atoms with Gasteiger partial charge in [0.2, 0.25) is 0 Å². The van der Waals surface area contributed by atoms with E-state index in [-0.39, 0.29) is 0 Å². The minimum absolute atomic E-state index is 0.592. The van der Waals surface area contributed by atoms with E-state index in [4.69, 9.17) is 4.74 Å². The summed E-state index contributed by atoms with van der Waals surface area (Å²) in [7, 11) is 0. The highest BCUT2D eigenvalue weighted by atomic mass is 19.1. The molecular formula is C21H25FO. The van der Waals surface area contributed by atoms with Gasteiger partial charge in [-0.05, 0) is 41.7 Å². The summed E-state index contributed by atoms with van der Waals surface area (Å²) in [5, 5.41) is 0. The molecular weight excluding hydrogens is 287 g/mol. The van der Waals surface area contributed by atoms with E-state index in [9.17, 15) is 4.39 Å². The quantitative estimate of drug-likeness (QED) is 0.491. The summed E-state index contributed by atoms with van der Waals surface area (Å²) in [6, 6.07) is 16.4. The first kappa shape index (κ1) is 17.3. The molecule has 0 atom stereocenters. The minimum Gasteiger partial charge on any atom is -0.494 e. The van der Waals surface area contributed by atoms with Crippen LogP contribution in [0.3, 0.4) is 0 Å². The number of hydrogen-bond donors (Lipinski definition) is 0. The maximum absolute atomic E-state index is 12.0. The van der Waals surface area contributed by atoms with Crippen LogP contribution in [0, 0.1) is 0 Å². The van der Waals surface area contributed by atoms with Gasteiger partial charge in [0.25, 0.3) is 0 Å². The first-order valence-corrected chi connectivity index (χ1v) is 8.41. The molecule has 0 saturated carbocycles. The van der Waals surface area contributed by atoms with Crippen molar-refractivity contribution >= 4 is 0 Å². The molecule has 0 N–H and O–H groups in total. The van der Waals surface area contributed by atoms with Crippen molar-refractivity contribution in [2.75, 3.05) is 6.61 Å². The molecule has 122 valence electrons. The van der Waals surface area contributed by atoms with Crippen molar-refractivity contribution < 1.29 is 9.13 Å². The van der Waals surface area contributed by atoms with Crippen molar-refractivity contribution in [3.63, 3.8) is 0 Å². The number of allylic oxidation sites excluding steroid dienone is 1. The van der Waals surface area contributed by atoms with Crippen LogP contribution >= 0.6 is 0 Å². The third-order valence-electron chi connectivity index (χ3n) is 3.85. The van der Waals surface area contributed by atoms with Crippen LogP contribution in [-0.2, 0) is 6.42 Å². The lowest BCUT2D eigenvalue weighted by Gasteiger charge is -2.08. The van der Waals surface area contributed by atoms with Crippen molar-refractivity contribution in [3.05, 3.63) is 66.5 Å². The van der Waals surface area contributed by atoms with Crippen molar-refractivity contribution in [2.45, 2.75) is 39.0 Å². The van der Waals surface area contributed by atoms with E-state index in [1.54, 1.807) is 0 Å². The van der Waals surface area contributed by atoms with Gasteiger partial charge in [-0.1, -0.05) is 68.7 Å². The maximum atomic E-state index is 12.0. The van der Waals surface area contributed by atoms with E-state index >= 15 is 0 Å². The lowest BCUT2D eigenvalue weighted by Crippen LogP contribution is -1.96. The Morgan fingerprint density at radius 3 is 2.13 bits per heavy atom. The minimum atomic E-state index is 0.592. The zero-order valence-corrected chi connectivity index (χ0v) is 13.8. The van der Waals surface area contributed by atoms with E-state index in [1.165, 1.54) is 25.3 Å². The molecule has 2 heteroatoms. The van der Waals surface area contributed by atoms with Crippen molar-refractivity contribution in [1.82, 2.24) is 0 Å². The Morgan fingerprint density at radius 2 is 1.52 bits per heavy atom. The zero-order valence-electron chi connectivity index (χ0n) is 13.8. The maximum Gasteiger partial charge on any atom is 0.119 e. The van der Waals surface area contributed by atoms with Gasteiger partial charge in [0.05, 0.1) is 12.9 Å². The molecule has 0 aliphatic rings. The van der Waals surface area contributed by atoms with Crippen LogP contribution in [-0.4, -0.2) is 6.61 Å². The number of halogens is 1. The van der Waals surface area contributed by atoms with Crippen LogP contribution < -0.4 is 4.74 Å². The third-order valence-corrected chi connectivity index (χ3v) is 3.85. The first-order chi connectivity index (χ1) is 11.3. The smallest absolute Gasteiger partial charge is 0.119 e. The number of ether oxygens (including phenoxy) is 1. The molecule has 0 fully saturated rings. The first-order valence-electron chi connectivity index (χ1n) is 8.41. The summed E-state index contributed by atoms with van der Waals surface area (Å²) in [6.45, 7) is 3.00. The highest BCUT2D eigenvalue weighted by Crippen LogP contribution is 2.23. The lowest BCUT2D eigenvalue weighted by atomic mass is 10.0. The summed E-state index contributed by atoms with van der Waals surface area (Å²) in [4.78, 5) is 0. The Balaban J connectivity index is 1.88. The fraction of sp³-hybridized carbons (Fsp3) is 0.333. The van der Waals surface area contributed by atoms with Gasteiger partial charge in [0, 0.05) is 0 Å². The van der Waals surface area contributed by atoms with E-state index < -0.39 is 0 Å². The Bertz CT molecular complexity index is 584. The zero-order chi connectivity index (χ0) is 16.3. The van der Waals surface area contributed by atoms with Gasteiger partial charge in [0.1, 0.15) is 5.75 Å². The molecule has 0 spiro atoms. The van der Waals surface area contributed by atoms with Crippen LogP contribution in [0.1, 0.15) is 38.2 Å². The van der Waals surface area contributed by atoms with Crippen LogP contribution in [0.15, 0.2) is 60.9 Å². The molecule has 23 heavy (non-hydrogen) atoms. The predicted octanol–water partition coefficient (Wildman–Crippen LogP) is 6.34. The molecule has 2 rings (SSSR count).